The molecule has 1 heterocycles. The maximum Gasteiger partial charge on any atom is 0.217 e. The van der Waals surface area contributed by atoms with Gasteiger partial charge in [-0.25, -0.2) is 4.98 Å². The Morgan fingerprint density at radius 3 is 2.41 bits per heavy atom. The summed E-state index contributed by atoms with van der Waals surface area (Å²) < 4.78 is 11.5. The van der Waals surface area contributed by atoms with Gasteiger partial charge in [0, 0.05) is 18.6 Å². The third kappa shape index (κ3) is 6.71. The summed E-state index contributed by atoms with van der Waals surface area (Å²) in [4.78, 5) is 15.3. The molecule has 3 aromatic rings. The zero-order valence-electron chi connectivity index (χ0n) is 16.4. The van der Waals surface area contributed by atoms with Gasteiger partial charge in [-0.15, -0.1) is 0 Å². The van der Waals surface area contributed by atoms with E-state index in [1.165, 1.54) is 6.92 Å². The highest BCUT2D eigenvalue weighted by Crippen LogP contribution is 2.22. The quantitative estimate of drug-likeness (QED) is 0.641. The van der Waals surface area contributed by atoms with Crippen molar-refractivity contribution in [3.8, 4) is 29.2 Å². The number of hydrogen-bond acceptors (Lipinski definition) is 4. The van der Waals surface area contributed by atoms with Crippen LogP contribution in [0.2, 0.25) is 0 Å². The van der Waals surface area contributed by atoms with E-state index < -0.39 is 0 Å². The normalized spacial score (nSPS) is 11.0. The van der Waals surface area contributed by atoms with Crippen molar-refractivity contribution in [1.29, 1.82) is 0 Å². The molecule has 0 bridgehead atoms. The SMILES string of the molecule is CC(=O)NC(C)C#Cc1ccc(Oc2ccc(OCc3ccccc3)nc2)cc1. The van der Waals surface area contributed by atoms with Crippen molar-refractivity contribution in [3.05, 3.63) is 84.1 Å². The molecule has 0 saturated heterocycles. The fourth-order valence-electron chi connectivity index (χ4n) is 2.52. The summed E-state index contributed by atoms with van der Waals surface area (Å²) in [5.41, 5.74) is 1.93. The topological polar surface area (TPSA) is 60.5 Å². The number of carbonyl (C=O) groups excluding carboxylic acids is 1. The smallest absolute Gasteiger partial charge is 0.217 e. The van der Waals surface area contributed by atoms with Gasteiger partial charge in [0.1, 0.15) is 18.1 Å². The van der Waals surface area contributed by atoms with Crippen LogP contribution in [0.25, 0.3) is 0 Å². The molecule has 0 aliphatic carbocycles. The Kier molecular flexibility index (Phi) is 6.85. The molecule has 0 fully saturated rings. The van der Waals surface area contributed by atoms with Crippen molar-refractivity contribution >= 4 is 5.91 Å². The van der Waals surface area contributed by atoms with Gasteiger partial charge < -0.3 is 14.8 Å². The van der Waals surface area contributed by atoms with Gasteiger partial charge in [0.25, 0.3) is 0 Å². The molecule has 29 heavy (non-hydrogen) atoms. The summed E-state index contributed by atoms with van der Waals surface area (Å²) in [6, 6.07) is 20.8. The van der Waals surface area contributed by atoms with Gasteiger partial charge in [-0.3, -0.25) is 4.79 Å². The molecule has 0 radical (unpaired) electrons. The second-order valence-electron chi connectivity index (χ2n) is 6.42. The summed E-state index contributed by atoms with van der Waals surface area (Å²) in [6.07, 6.45) is 1.63. The third-order valence-electron chi connectivity index (χ3n) is 3.88. The first-order valence-electron chi connectivity index (χ1n) is 9.28. The Labute approximate surface area is 170 Å². The van der Waals surface area contributed by atoms with Gasteiger partial charge in [-0.2, -0.15) is 0 Å². The zero-order valence-corrected chi connectivity index (χ0v) is 16.4. The number of ether oxygens (including phenoxy) is 2. The van der Waals surface area contributed by atoms with E-state index in [2.05, 4.69) is 22.1 Å². The van der Waals surface area contributed by atoms with Gasteiger partial charge in [-0.05, 0) is 42.8 Å². The van der Waals surface area contributed by atoms with E-state index in [1.54, 1.807) is 12.3 Å². The zero-order chi connectivity index (χ0) is 20.5. The molecule has 1 amide bonds. The van der Waals surface area contributed by atoms with Crippen molar-refractivity contribution in [3.63, 3.8) is 0 Å². The molecule has 5 heteroatoms. The van der Waals surface area contributed by atoms with Crippen molar-refractivity contribution in [2.24, 2.45) is 0 Å². The number of carbonyl (C=O) groups is 1. The minimum absolute atomic E-state index is 0.0966. The van der Waals surface area contributed by atoms with Crippen LogP contribution in [0.5, 0.6) is 17.4 Å². The van der Waals surface area contributed by atoms with Crippen LogP contribution in [0, 0.1) is 11.8 Å². The van der Waals surface area contributed by atoms with Gasteiger partial charge in [0.2, 0.25) is 11.8 Å². The van der Waals surface area contributed by atoms with Gasteiger partial charge in [0.05, 0.1) is 12.2 Å². The number of amides is 1. The lowest BCUT2D eigenvalue weighted by Crippen LogP contribution is -2.28. The first kappa shape index (κ1) is 20.0. The molecule has 0 spiro atoms. The van der Waals surface area contributed by atoms with E-state index in [4.69, 9.17) is 9.47 Å². The average Bonchev–Trinajstić information content (AvgIpc) is 2.73. The number of pyridine rings is 1. The Balaban J connectivity index is 1.53. The van der Waals surface area contributed by atoms with E-state index in [0.717, 1.165) is 11.1 Å². The molecule has 1 atom stereocenters. The van der Waals surface area contributed by atoms with Crippen LogP contribution >= 0.6 is 0 Å². The second kappa shape index (κ2) is 9.95. The Hall–Kier alpha value is -3.78. The van der Waals surface area contributed by atoms with E-state index in [0.29, 0.717) is 24.0 Å². The highest BCUT2D eigenvalue weighted by molar-refractivity contribution is 5.73. The van der Waals surface area contributed by atoms with Crippen LogP contribution in [-0.4, -0.2) is 16.9 Å². The van der Waals surface area contributed by atoms with Gasteiger partial charge >= 0.3 is 0 Å². The maximum absolute atomic E-state index is 11.0. The molecule has 1 unspecified atom stereocenters. The molecule has 146 valence electrons. The number of nitrogens with one attached hydrogen (secondary N) is 1. The van der Waals surface area contributed by atoms with Crippen LogP contribution in [0.3, 0.4) is 0 Å². The van der Waals surface area contributed by atoms with Crippen LogP contribution in [-0.2, 0) is 11.4 Å². The lowest BCUT2D eigenvalue weighted by Gasteiger charge is -2.08. The van der Waals surface area contributed by atoms with Crippen molar-refractivity contribution < 1.29 is 14.3 Å². The van der Waals surface area contributed by atoms with Crippen LogP contribution in [0.1, 0.15) is 25.0 Å². The molecule has 1 N–H and O–H groups in total. The number of hydrogen-bond donors (Lipinski definition) is 1. The molecular weight excluding hydrogens is 364 g/mol. The molecule has 0 aliphatic rings. The Bertz CT molecular complexity index is 988. The van der Waals surface area contributed by atoms with Crippen molar-refractivity contribution in [2.45, 2.75) is 26.5 Å². The van der Waals surface area contributed by atoms with Crippen LogP contribution in [0.4, 0.5) is 0 Å². The predicted octanol–water partition coefficient (Wildman–Crippen LogP) is 4.33. The summed E-state index contributed by atoms with van der Waals surface area (Å²) in [7, 11) is 0. The molecule has 2 aromatic carbocycles. The first-order valence-corrected chi connectivity index (χ1v) is 9.28. The predicted molar refractivity (Wildman–Crippen MR) is 112 cm³/mol. The van der Waals surface area contributed by atoms with Crippen molar-refractivity contribution in [1.82, 2.24) is 10.3 Å². The standard InChI is InChI=1S/C24H22N2O3/c1-18(26-19(2)27)8-9-20-10-12-22(13-11-20)29-23-14-15-24(25-16-23)28-17-21-6-4-3-5-7-21/h3-7,10-16,18H,17H2,1-2H3,(H,26,27). The third-order valence-corrected chi connectivity index (χ3v) is 3.88. The molecule has 3 rings (SSSR count). The maximum atomic E-state index is 11.0. The van der Waals surface area contributed by atoms with E-state index in [1.807, 2.05) is 67.6 Å². The summed E-state index contributed by atoms with van der Waals surface area (Å²) in [5.74, 6) is 7.76. The van der Waals surface area contributed by atoms with Crippen LogP contribution < -0.4 is 14.8 Å². The van der Waals surface area contributed by atoms with Crippen molar-refractivity contribution in [2.75, 3.05) is 0 Å². The highest BCUT2D eigenvalue weighted by atomic mass is 16.5. The fraction of sp³-hybridized carbons (Fsp3) is 0.167. The van der Waals surface area contributed by atoms with E-state index in [9.17, 15) is 4.79 Å². The first-order chi connectivity index (χ1) is 14.1. The lowest BCUT2D eigenvalue weighted by atomic mass is 10.2. The number of rotatable bonds is 6. The second-order valence-corrected chi connectivity index (χ2v) is 6.42. The molecule has 1 aromatic heterocycles. The Morgan fingerprint density at radius 1 is 1.03 bits per heavy atom. The minimum atomic E-state index is -0.197. The fourth-order valence-corrected chi connectivity index (χ4v) is 2.52. The number of aromatic nitrogens is 1. The molecule has 5 nitrogen and oxygen atoms in total. The Morgan fingerprint density at radius 2 is 1.76 bits per heavy atom. The molecule has 0 aliphatic heterocycles. The average molecular weight is 386 g/mol. The lowest BCUT2D eigenvalue weighted by molar-refractivity contribution is -0.119. The molecule has 0 saturated carbocycles. The monoisotopic (exact) mass is 386 g/mol. The van der Waals surface area contributed by atoms with Crippen LogP contribution in [0.15, 0.2) is 72.9 Å². The van der Waals surface area contributed by atoms with Gasteiger partial charge in [0.15, 0.2) is 0 Å². The summed E-state index contributed by atoms with van der Waals surface area (Å²) in [5, 5.41) is 2.73. The molecular formula is C24H22N2O3. The number of benzene rings is 2. The number of nitrogens with zero attached hydrogens (tertiary/aromatic N) is 1. The van der Waals surface area contributed by atoms with E-state index >= 15 is 0 Å². The largest absolute Gasteiger partial charge is 0.473 e. The van der Waals surface area contributed by atoms with E-state index in [-0.39, 0.29) is 11.9 Å². The minimum Gasteiger partial charge on any atom is -0.473 e. The van der Waals surface area contributed by atoms with Gasteiger partial charge in [-0.1, -0.05) is 42.2 Å². The summed E-state index contributed by atoms with van der Waals surface area (Å²) >= 11 is 0. The summed E-state index contributed by atoms with van der Waals surface area (Å²) in [6.45, 7) is 3.78. The highest BCUT2D eigenvalue weighted by Gasteiger charge is 2.02.